The molecule has 4 heteroatoms. The lowest BCUT2D eigenvalue weighted by atomic mass is 9.84. The zero-order valence-electron chi connectivity index (χ0n) is 8.37. The average molecular weight is 198 g/mol. The van der Waals surface area contributed by atoms with Crippen molar-refractivity contribution >= 4 is 5.91 Å². The van der Waals surface area contributed by atoms with Crippen molar-refractivity contribution in [3.8, 4) is 0 Å². The molecule has 2 atom stereocenters. The van der Waals surface area contributed by atoms with E-state index in [0.717, 1.165) is 32.4 Å². The van der Waals surface area contributed by atoms with Gasteiger partial charge in [0.15, 0.2) is 0 Å². The Morgan fingerprint density at radius 1 is 1.29 bits per heavy atom. The molecule has 0 spiro atoms. The summed E-state index contributed by atoms with van der Waals surface area (Å²) in [5.41, 5.74) is 5.36. The predicted molar refractivity (Wildman–Crippen MR) is 52.6 cm³/mol. The van der Waals surface area contributed by atoms with Crippen LogP contribution >= 0.6 is 0 Å². The van der Waals surface area contributed by atoms with Gasteiger partial charge in [0.25, 0.3) is 0 Å². The number of hydrogen-bond acceptors (Lipinski definition) is 3. The van der Waals surface area contributed by atoms with Gasteiger partial charge in [-0.1, -0.05) is 0 Å². The Bertz CT molecular complexity index is 214. The topological polar surface area (TPSA) is 64.4 Å². The van der Waals surface area contributed by atoms with Gasteiger partial charge in [-0.25, -0.2) is 0 Å². The van der Waals surface area contributed by atoms with Crippen molar-refractivity contribution in [1.29, 1.82) is 0 Å². The molecule has 0 radical (unpaired) electrons. The molecule has 0 aromatic carbocycles. The molecule has 0 aromatic rings. The van der Waals surface area contributed by atoms with E-state index in [1.54, 1.807) is 0 Å². The molecule has 2 aliphatic rings. The van der Waals surface area contributed by atoms with Crippen LogP contribution in [0, 0.1) is 11.8 Å². The molecular weight excluding hydrogens is 180 g/mol. The first-order chi connectivity index (χ1) is 6.79. The van der Waals surface area contributed by atoms with Crippen LogP contribution in [0.1, 0.15) is 19.3 Å². The summed E-state index contributed by atoms with van der Waals surface area (Å²) in [5.74, 6) is 0.292. The Labute approximate surface area is 84.2 Å². The summed E-state index contributed by atoms with van der Waals surface area (Å²) < 4.78 is 5.64. The van der Waals surface area contributed by atoms with E-state index in [0.29, 0.717) is 12.5 Å². The zero-order valence-corrected chi connectivity index (χ0v) is 8.37. The molecule has 2 fully saturated rings. The highest BCUT2D eigenvalue weighted by atomic mass is 16.5. The van der Waals surface area contributed by atoms with Crippen LogP contribution < -0.4 is 11.1 Å². The maximum absolute atomic E-state index is 11.2. The number of piperidine rings is 1. The van der Waals surface area contributed by atoms with Crippen molar-refractivity contribution in [2.75, 3.05) is 19.7 Å². The Kier molecular flexibility index (Phi) is 3.03. The summed E-state index contributed by atoms with van der Waals surface area (Å²) in [7, 11) is 0. The summed E-state index contributed by atoms with van der Waals surface area (Å²) in [6, 6.07) is 0. The number of carbonyl (C=O) groups is 1. The molecular formula is C10H18N2O2. The molecule has 80 valence electrons. The van der Waals surface area contributed by atoms with Crippen molar-refractivity contribution in [2.45, 2.75) is 25.4 Å². The highest BCUT2D eigenvalue weighted by Crippen LogP contribution is 2.31. The lowest BCUT2D eigenvalue weighted by Crippen LogP contribution is -2.40. The van der Waals surface area contributed by atoms with Gasteiger partial charge in [0.2, 0.25) is 5.91 Å². The molecule has 4 nitrogen and oxygen atoms in total. The number of ether oxygens (including phenoxy) is 1. The molecule has 0 unspecified atom stereocenters. The third kappa shape index (κ3) is 1.91. The first kappa shape index (κ1) is 9.93. The third-order valence-corrected chi connectivity index (χ3v) is 3.35. The van der Waals surface area contributed by atoms with Crippen LogP contribution in [0.4, 0.5) is 0 Å². The molecule has 0 aliphatic carbocycles. The van der Waals surface area contributed by atoms with Gasteiger partial charge in [-0.05, 0) is 38.3 Å². The second kappa shape index (κ2) is 4.28. The van der Waals surface area contributed by atoms with Gasteiger partial charge in [-0.15, -0.1) is 0 Å². The summed E-state index contributed by atoms with van der Waals surface area (Å²) in [6.07, 6.45) is 3.11. The molecule has 0 saturated carbocycles. The van der Waals surface area contributed by atoms with Crippen molar-refractivity contribution in [1.82, 2.24) is 5.32 Å². The van der Waals surface area contributed by atoms with Crippen molar-refractivity contribution in [3.63, 3.8) is 0 Å². The van der Waals surface area contributed by atoms with Gasteiger partial charge < -0.3 is 15.8 Å². The van der Waals surface area contributed by atoms with Crippen molar-refractivity contribution < 1.29 is 9.53 Å². The van der Waals surface area contributed by atoms with Crippen LogP contribution in [0.15, 0.2) is 0 Å². The van der Waals surface area contributed by atoms with Crippen LogP contribution in [0.5, 0.6) is 0 Å². The fraction of sp³-hybridized carbons (Fsp3) is 0.900. The van der Waals surface area contributed by atoms with Crippen LogP contribution in [0.2, 0.25) is 0 Å². The van der Waals surface area contributed by atoms with E-state index in [-0.39, 0.29) is 17.9 Å². The van der Waals surface area contributed by atoms with Crippen LogP contribution in [0.25, 0.3) is 0 Å². The minimum Gasteiger partial charge on any atom is -0.377 e. The number of amides is 1. The molecule has 2 rings (SSSR count). The van der Waals surface area contributed by atoms with E-state index >= 15 is 0 Å². The average Bonchev–Trinajstić information content (AvgIpc) is 2.67. The molecule has 0 aromatic heterocycles. The minimum absolute atomic E-state index is 0.0434. The predicted octanol–water partition coefficient (Wildman–Crippen LogP) is -0.124. The first-order valence-electron chi connectivity index (χ1n) is 5.40. The molecule has 14 heavy (non-hydrogen) atoms. The van der Waals surface area contributed by atoms with Crippen LogP contribution in [0.3, 0.4) is 0 Å². The van der Waals surface area contributed by atoms with Gasteiger partial charge >= 0.3 is 0 Å². The van der Waals surface area contributed by atoms with Crippen LogP contribution in [-0.2, 0) is 9.53 Å². The highest BCUT2D eigenvalue weighted by Gasteiger charge is 2.38. The third-order valence-electron chi connectivity index (χ3n) is 3.35. The lowest BCUT2D eigenvalue weighted by molar-refractivity contribution is -0.124. The van der Waals surface area contributed by atoms with Gasteiger partial charge in [0.05, 0.1) is 12.0 Å². The number of hydrogen-bond donors (Lipinski definition) is 2. The quantitative estimate of drug-likeness (QED) is 0.650. The van der Waals surface area contributed by atoms with E-state index < -0.39 is 0 Å². The largest absolute Gasteiger partial charge is 0.377 e. The second-order valence-electron chi connectivity index (χ2n) is 4.22. The first-order valence-corrected chi connectivity index (χ1v) is 5.40. The van der Waals surface area contributed by atoms with E-state index in [4.69, 9.17) is 10.5 Å². The molecule has 1 amide bonds. The number of nitrogens with one attached hydrogen (secondary N) is 1. The number of primary amides is 1. The van der Waals surface area contributed by atoms with E-state index in [1.165, 1.54) is 0 Å². The molecule has 2 heterocycles. The Balaban J connectivity index is 1.97. The van der Waals surface area contributed by atoms with Gasteiger partial charge in [-0.3, -0.25) is 4.79 Å². The molecule has 0 bridgehead atoms. The minimum atomic E-state index is -0.189. The van der Waals surface area contributed by atoms with Crippen molar-refractivity contribution in [2.24, 2.45) is 17.6 Å². The van der Waals surface area contributed by atoms with E-state index in [1.807, 2.05) is 0 Å². The van der Waals surface area contributed by atoms with Gasteiger partial charge in [0.1, 0.15) is 0 Å². The summed E-state index contributed by atoms with van der Waals surface area (Å²) >= 11 is 0. The fourth-order valence-corrected chi connectivity index (χ4v) is 2.55. The van der Waals surface area contributed by atoms with E-state index in [9.17, 15) is 4.79 Å². The summed E-state index contributed by atoms with van der Waals surface area (Å²) in [5, 5.41) is 3.31. The van der Waals surface area contributed by atoms with Gasteiger partial charge in [-0.2, -0.15) is 0 Å². The zero-order chi connectivity index (χ0) is 9.97. The fourth-order valence-electron chi connectivity index (χ4n) is 2.55. The summed E-state index contributed by atoms with van der Waals surface area (Å²) in [4.78, 5) is 11.2. The smallest absolute Gasteiger partial charge is 0.223 e. The molecule has 2 aliphatic heterocycles. The number of rotatable bonds is 2. The lowest BCUT2D eigenvalue weighted by Gasteiger charge is -2.29. The molecule has 2 saturated heterocycles. The number of nitrogens with two attached hydrogens (primary N) is 1. The Hall–Kier alpha value is -0.610. The second-order valence-corrected chi connectivity index (χ2v) is 4.22. The molecule has 3 N–H and O–H groups in total. The summed E-state index contributed by atoms with van der Waals surface area (Å²) in [6.45, 7) is 2.77. The normalized spacial score (nSPS) is 34.6. The van der Waals surface area contributed by atoms with E-state index in [2.05, 4.69) is 5.32 Å². The van der Waals surface area contributed by atoms with Crippen molar-refractivity contribution in [3.05, 3.63) is 0 Å². The number of carbonyl (C=O) groups excluding carboxylic acids is 1. The Morgan fingerprint density at radius 2 is 2.00 bits per heavy atom. The van der Waals surface area contributed by atoms with Crippen LogP contribution in [-0.4, -0.2) is 31.7 Å². The Morgan fingerprint density at radius 3 is 2.64 bits per heavy atom. The monoisotopic (exact) mass is 198 g/mol. The highest BCUT2D eigenvalue weighted by molar-refractivity contribution is 5.77. The maximum atomic E-state index is 11.2. The standard InChI is InChI=1S/C10H18N2O2/c11-10(13)8-3-6-14-9(8)7-1-4-12-5-2-7/h7-9,12H,1-6H2,(H2,11,13)/t8-,9+/m0/s1. The maximum Gasteiger partial charge on any atom is 0.223 e. The van der Waals surface area contributed by atoms with Gasteiger partial charge in [0, 0.05) is 6.61 Å². The SMILES string of the molecule is NC(=O)[C@H]1CCO[C@@H]1C1CCNCC1.